The van der Waals surface area contributed by atoms with Crippen LogP contribution in [0.1, 0.15) is 0 Å². The maximum absolute atomic E-state index is 5.34. The Morgan fingerprint density at radius 2 is 1.29 bits per heavy atom. The van der Waals surface area contributed by atoms with E-state index in [1.54, 1.807) is 0 Å². The number of halogens is 1. The third kappa shape index (κ3) is 193. The van der Waals surface area contributed by atoms with Crippen LogP contribution in [0.4, 0.5) is 0 Å². The summed E-state index contributed by atoms with van der Waals surface area (Å²) < 4.78 is 0. The SMILES string of the molecule is CP(C)Cl.C[Si]C. The van der Waals surface area contributed by atoms with Gasteiger partial charge in [-0.2, -0.15) is 0 Å². The second kappa shape index (κ2) is 10.0. The molecule has 0 rings (SSSR count). The largest absolute Gasteiger partial charge is 0.0970 e. The van der Waals surface area contributed by atoms with Gasteiger partial charge in [-0.25, -0.2) is 0 Å². The Bertz CT molecular complexity index is 22.9. The molecule has 0 aromatic carbocycles. The molecule has 0 heterocycles. The molecular formula is C4H12ClPSi. The molecule has 0 bridgehead atoms. The molecule has 0 aliphatic carbocycles. The van der Waals surface area contributed by atoms with Crippen LogP contribution in [-0.4, -0.2) is 22.8 Å². The molecule has 0 saturated carbocycles. The molecule has 3 heteroatoms. The lowest BCUT2D eigenvalue weighted by molar-refractivity contribution is 2.14. The highest BCUT2D eigenvalue weighted by Gasteiger charge is 1.70. The van der Waals surface area contributed by atoms with Crippen LogP contribution in [0.15, 0.2) is 0 Å². The standard InChI is InChI=1S/C2H6ClP.C2H6Si/c1-4(2)3;1-3-2/h1-2H3;1-2H3. The van der Waals surface area contributed by atoms with Crippen molar-refractivity contribution in [2.75, 3.05) is 13.3 Å². The van der Waals surface area contributed by atoms with Crippen LogP contribution < -0.4 is 0 Å². The van der Waals surface area contributed by atoms with Crippen molar-refractivity contribution in [1.82, 2.24) is 0 Å². The van der Waals surface area contributed by atoms with Gasteiger partial charge in [0.1, 0.15) is 0 Å². The summed E-state index contributed by atoms with van der Waals surface area (Å²) in [6, 6.07) is 0. The Balaban J connectivity index is 0. The van der Waals surface area contributed by atoms with E-state index in [1.165, 1.54) is 0 Å². The quantitative estimate of drug-likeness (QED) is 0.372. The third-order valence-electron chi connectivity index (χ3n) is 0. The van der Waals surface area contributed by atoms with E-state index in [2.05, 4.69) is 13.1 Å². The van der Waals surface area contributed by atoms with E-state index < -0.39 is 0 Å². The first kappa shape index (κ1) is 10.8. The molecule has 0 saturated heterocycles. The van der Waals surface area contributed by atoms with E-state index in [4.69, 9.17) is 11.2 Å². The first-order valence-electron chi connectivity index (χ1n) is 2.06. The molecule has 0 fully saturated rings. The molecule has 0 N–H and O–H groups in total. The van der Waals surface area contributed by atoms with E-state index in [0.29, 0.717) is 0 Å². The summed E-state index contributed by atoms with van der Waals surface area (Å²) in [6.45, 7) is 8.30. The zero-order valence-electron chi connectivity index (χ0n) is 5.33. The predicted octanol–water partition coefficient (Wildman–Crippen LogP) is 2.67. The Hall–Kier alpha value is 0.937. The number of rotatable bonds is 0. The summed E-state index contributed by atoms with van der Waals surface area (Å²) in [5.41, 5.74) is 0. The lowest BCUT2D eigenvalue weighted by Crippen LogP contribution is -1.53. The zero-order valence-corrected chi connectivity index (χ0v) is 7.98. The highest BCUT2D eigenvalue weighted by atomic mass is 35.7. The minimum atomic E-state index is -0.148. The maximum Gasteiger partial charge on any atom is 0.0307 e. The number of hydrogen-bond acceptors (Lipinski definition) is 0. The molecule has 0 aliphatic heterocycles. The smallest absolute Gasteiger partial charge is 0.0307 e. The molecule has 0 aromatic rings. The summed E-state index contributed by atoms with van der Waals surface area (Å²) in [4.78, 5) is 0. The molecule has 2 radical (unpaired) electrons. The fraction of sp³-hybridized carbons (Fsp3) is 1.00. The lowest BCUT2D eigenvalue weighted by atomic mass is 11.9. The molecule has 44 valence electrons. The van der Waals surface area contributed by atoms with Gasteiger partial charge in [0.15, 0.2) is 0 Å². The molecule has 7 heavy (non-hydrogen) atoms. The fourth-order valence-electron chi connectivity index (χ4n) is 0. The van der Waals surface area contributed by atoms with Crippen molar-refractivity contribution in [3.05, 3.63) is 0 Å². The number of hydrogen-bond donors (Lipinski definition) is 0. The molecule has 0 aliphatic rings. The minimum Gasteiger partial charge on any atom is -0.0970 e. The van der Waals surface area contributed by atoms with Crippen molar-refractivity contribution in [3.8, 4) is 0 Å². The van der Waals surface area contributed by atoms with Gasteiger partial charge in [0.05, 0.1) is 0 Å². The van der Waals surface area contributed by atoms with E-state index in [0.717, 1.165) is 9.52 Å². The molecule has 0 aromatic heterocycles. The second-order valence-electron chi connectivity index (χ2n) is 1.29. The van der Waals surface area contributed by atoms with E-state index in [9.17, 15) is 0 Å². The highest BCUT2D eigenvalue weighted by molar-refractivity contribution is 7.82. The average molecular weight is 155 g/mol. The van der Waals surface area contributed by atoms with Gasteiger partial charge in [0.2, 0.25) is 0 Å². The Kier molecular flexibility index (Phi) is 15.5. The van der Waals surface area contributed by atoms with Crippen LogP contribution in [0.5, 0.6) is 0 Å². The Morgan fingerprint density at radius 1 is 1.29 bits per heavy atom. The molecule has 0 atom stereocenters. The van der Waals surface area contributed by atoms with Gasteiger partial charge >= 0.3 is 0 Å². The zero-order chi connectivity index (χ0) is 6.28. The lowest BCUT2D eigenvalue weighted by Gasteiger charge is -1.77. The normalized spacial score (nSPS) is 7.71. The fourth-order valence-corrected chi connectivity index (χ4v) is 0. The highest BCUT2D eigenvalue weighted by Crippen LogP contribution is 2.29. The van der Waals surface area contributed by atoms with Crippen LogP contribution in [0.25, 0.3) is 0 Å². The van der Waals surface area contributed by atoms with E-state index in [1.807, 2.05) is 13.3 Å². The van der Waals surface area contributed by atoms with E-state index >= 15 is 0 Å². The Labute approximate surface area is 55.0 Å². The summed E-state index contributed by atoms with van der Waals surface area (Å²) in [7, 11) is 0.935. The van der Waals surface area contributed by atoms with Gasteiger partial charge in [-0.3, -0.25) is 0 Å². The summed E-state index contributed by atoms with van der Waals surface area (Å²) in [5, 5.41) is 0. The van der Waals surface area contributed by atoms with Crippen LogP contribution in [0, 0.1) is 0 Å². The van der Waals surface area contributed by atoms with Gasteiger partial charge < -0.3 is 0 Å². The topological polar surface area (TPSA) is 0 Å². The van der Waals surface area contributed by atoms with Crippen molar-refractivity contribution in [2.24, 2.45) is 0 Å². The van der Waals surface area contributed by atoms with Crippen molar-refractivity contribution < 1.29 is 0 Å². The van der Waals surface area contributed by atoms with Gasteiger partial charge in [0, 0.05) is 9.52 Å². The van der Waals surface area contributed by atoms with Crippen molar-refractivity contribution in [1.29, 1.82) is 0 Å². The first-order chi connectivity index (χ1) is 3.15. The van der Waals surface area contributed by atoms with Crippen LogP contribution >= 0.6 is 18.5 Å². The van der Waals surface area contributed by atoms with Crippen LogP contribution in [-0.2, 0) is 0 Å². The van der Waals surface area contributed by atoms with Crippen molar-refractivity contribution in [2.45, 2.75) is 13.1 Å². The van der Waals surface area contributed by atoms with E-state index in [-0.39, 0.29) is 7.27 Å². The Morgan fingerprint density at radius 3 is 1.29 bits per heavy atom. The summed E-state index contributed by atoms with van der Waals surface area (Å²) in [5.74, 6) is 0. The average Bonchev–Trinajstić information content (AvgIpc) is 1.33. The van der Waals surface area contributed by atoms with Crippen LogP contribution in [0.3, 0.4) is 0 Å². The van der Waals surface area contributed by atoms with Gasteiger partial charge in [-0.05, 0) is 20.6 Å². The van der Waals surface area contributed by atoms with Gasteiger partial charge in [-0.15, -0.1) is 0 Å². The first-order valence-corrected chi connectivity index (χ1v) is 7.20. The monoisotopic (exact) mass is 154 g/mol. The maximum atomic E-state index is 5.34. The van der Waals surface area contributed by atoms with Gasteiger partial charge in [-0.1, -0.05) is 24.3 Å². The summed E-state index contributed by atoms with van der Waals surface area (Å²) in [6.07, 6.45) is 0. The van der Waals surface area contributed by atoms with Crippen LogP contribution in [0.2, 0.25) is 13.1 Å². The molecule has 0 nitrogen and oxygen atoms in total. The second-order valence-corrected chi connectivity index (χ2v) is 5.88. The summed E-state index contributed by atoms with van der Waals surface area (Å²) >= 11 is 5.34. The minimum absolute atomic E-state index is 0.148. The molecule has 0 spiro atoms. The molecule has 0 amide bonds. The third-order valence-corrected chi connectivity index (χ3v) is 0. The van der Waals surface area contributed by atoms with Crippen molar-refractivity contribution in [3.63, 3.8) is 0 Å². The van der Waals surface area contributed by atoms with Gasteiger partial charge in [0.25, 0.3) is 0 Å². The van der Waals surface area contributed by atoms with Crippen molar-refractivity contribution >= 4 is 28.0 Å². The molecular weight excluding hydrogens is 143 g/mol. The predicted molar refractivity (Wildman–Crippen MR) is 42.1 cm³/mol. The molecule has 0 unspecified atom stereocenters.